The van der Waals surface area contributed by atoms with Gasteiger partial charge in [-0.25, -0.2) is 26.6 Å². The number of nitrogen functional groups attached to an aromatic ring is 1. The summed E-state index contributed by atoms with van der Waals surface area (Å²) in [5.41, 5.74) is 4.13. The van der Waals surface area contributed by atoms with Gasteiger partial charge < -0.3 is 25.2 Å². The molecule has 21 heteroatoms. The second-order valence-electron chi connectivity index (χ2n) is 6.55. The van der Waals surface area contributed by atoms with Crippen LogP contribution in [0.3, 0.4) is 0 Å². The third kappa shape index (κ3) is 6.65. The van der Waals surface area contributed by atoms with E-state index >= 15 is 4.39 Å². The lowest BCUT2D eigenvalue weighted by atomic mass is 10.0. The van der Waals surface area contributed by atoms with Crippen LogP contribution in [0.2, 0.25) is 0 Å². The minimum Gasteiger partial charge on any atom is -0.383 e. The second kappa shape index (κ2) is 9.76. The topological polar surface area (TPSA) is 239 Å². The van der Waals surface area contributed by atoms with Crippen LogP contribution >= 0.6 is 35.3 Å². The minimum atomic E-state index is -5.60. The van der Waals surface area contributed by atoms with E-state index in [4.69, 9.17) is 15.4 Å². The molecule has 2 heterocycles. The van der Waals surface area contributed by atoms with E-state index in [0.29, 0.717) is 11.2 Å². The van der Waals surface area contributed by atoms with Crippen LogP contribution in [0.5, 0.6) is 0 Å². The summed E-state index contributed by atoms with van der Waals surface area (Å²) in [6, 6.07) is -0.882. The predicted octanol–water partition coefficient (Wildman–Crippen LogP) is 1.81. The fraction of sp³-hybridized carbons (Fsp3) is 0.500. The molecule has 0 spiro atoms. The quantitative estimate of drug-likeness (QED) is 0.140. The Morgan fingerprint density at radius 1 is 1.36 bits per heavy atom. The van der Waals surface area contributed by atoms with E-state index in [2.05, 4.69) is 29.3 Å². The Kier molecular flexibility index (Phi) is 8.26. The first-order chi connectivity index (χ1) is 14.9. The van der Waals surface area contributed by atoms with Gasteiger partial charge in [-0.15, -0.1) is 0 Å². The van der Waals surface area contributed by atoms with Crippen molar-refractivity contribution in [2.24, 2.45) is 5.18 Å². The average Bonchev–Trinajstić information content (AvgIpc) is 2.90. The van der Waals surface area contributed by atoms with Gasteiger partial charge in [-0.05, 0) is 18.6 Å². The van der Waals surface area contributed by atoms with Crippen LogP contribution < -0.4 is 11.4 Å². The monoisotopic (exact) mass is 554 g/mol. The molecule has 0 aliphatic carbocycles. The molecule has 0 saturated carbocycles. The van der Waals surface area contributed by atoms with Gasteiger partial charge in [-0.2, -0.15) is 14.2 Å². The number of anilines is 1. The molecule has 33 heavy (non-hydrogen) atoms. The van der Waals surface area contributed by atoms with Gasteiger partial charge in [0, 0.05) is 24.9 Å². The highest BCUT2D eigenvalue weighted by molar-refractivity contribution is 7.99. The summed E-state index contributed by atoms with van der Waals surface area (Å²) in [4.78, 5) is 52.6. The Morgan fingerprint density at radius 2 is 1.97 bits per heavy atom. The molecule has 186 valence electrons. The normalized spacial score (nSPS) is 30.7. The van der Waals surface area contributed by atoms with Crippen molar-refractivity contribution < 1.29 is 50.1 Å². The molecule has 7 atom stereocenters. The largest absolute Gasteiger partial charge is 0.492 e. The lowest BCUT2D eigenvalue weighted by molar-refractivity contribution is -0.0248. The molecule has 1 aliphatic rings. The summed E-state index contributed by atoms with van der Waals surface area (Å²) in [6.45, 7) is 5.20. The highest BCUT2D eigenvalue weighted by Gasteiger charge is 2.61. The van der Waals surface area contributed by atoms with E-state index in [-0.39, 0.29) is 23.4 Å². The lowest BCUT2D eigenvalue weighted by Gasteiger charge is -2.30. The summed E-state index contributed by atoms with van der Waals surface area (Å²) in [6.07, 6.45) is -3.15. The molecule has 1 aliphatic heterocycles. The lowest BCUT2D eigenvalue weighted by Crippen LogP contribution is -2.38. The van der Waals surface area contributed by atoms with Gasteiger partial charge in [-0.1, -0.05) is 11.8 Å². The van der Waals surface area contributed by atoms with Crippen LogP contribution in [0.15, 0.2) is 34.4 Å². The first-order valence-electron chi connectivity index (χ1n) is 8.34. The third-order valence-electron chi connectivity index (χ3n) is 3.81. The molecule has 0 bridgehead atoms. The highest BCUT2D eigenvalue weighted by atomic mass is 32.2. The molecule has 0 aromatic carbocycles. The number of halogens is 1. The van der Waals surface area contributed by atoms with E-state index in [1.165, 1.54) is 6.92 Å². The van der Waals surface area contributed by atoms with Crippen molar-refractivity contribution in [2.75, 3.05) is 12.4 Å². The van der Waals surface area contributed by atoms with E-state index in [1.54, 1.807) is 0 Å². The molecule has 1 saturated heterocycles. The first kappa shape index (κ1) is 28.0. The molecule has 1 fully saturated rings. The SMILES string of the molecule is C=C(C)[C@]1(SOP(=O)(O)OP(=O)(O)OP(C)(=O)O)O[C@@H](n2ccc(N)nc2=O)[C@H](F)[C@@H]1N=O. The number of aromatic nitrogens is 2. The molecule has 1 aromatic heterocycles. The zero-order valence-electron chi connectivity index (χ0n) is 16.7. The molecule has 0 amide bonds. The van der Waals surface area contributed by atoms with Crippen molar-refractivity contribution in [1.29, 1.82) is 0 Å². The maximum absolute atomic E-state index is 15.1. The number of ether oxygens (including phenoxy) is 1. The molecule has 1 aromatic rings. The summed E-state index contributed by atoms with van der Waals surface area (Å²) < 4.78 is 68.2. The van der Waals surface area contributed by atoms with Crippen LogP contribution in [-0.2, 0) is 31.0 Å². The Labute approximate surface area is 188 Å². The smallest absolute Gasteiger partial charge is 0.383 e. The number of hydrogen-bond donors (Lipinski definition) is 4. The summed E-state index contributed by atoms with van der Waals surface area (Å²) in [5.74, 6) is -0.188. The first-order valence-corrected chi connectivity index (χ1v) is 14.1. The molecule has 3 unspecified atom stereocenters. The van der Waals surface area contributed by atoms with Gasteiger partial charge in [0.1, 0.15) is 5.82 Å². The number of alkyl halides is 1. The van der Waals surface area contributed by atoms with Gasteiger partial charge in [0.15, 0.2) is 23.4 Å². The molecular weight excluding hydrogens is 536 g/mol. The number of nitrogens with zero attached hydrogens (tertiary/aromatic N) is 3. The van der Waals surface area contributed by atoms with Crippen molar-refractivity contribution in [3.05, 3.63) is 39.8 Å². The van der Waals surface area contributed by atoms with Crippen LogP contribution in [0.4, 0.5) is 10.2 Å². The van der Waals surface area contributed by atoms with E-state index in [9.17, 15) is 33.2 Å². The van der Waals surface area contributed by atoms with Gasteiger partial charge in [-0.3, -0.25) is 9.13 Å². The Hall–Kier alpha value is -1.29. The van der Waals surface area contributed by atoms with E-state index < -0.39 is 52.3 Å². The zero-order chi connectivity index (χ0) is 25.4. The predicted molar refractivity (Wildman–Crippen MR) is 111 cm³/mol. The second-order valence-corrected chi connectivity index (χ2v) is 12.7. The van der Waals surface area contributed by atoms with Crippen molar-refractivity contribution in [3.63, 3.8) is 0 Å². The fourth-order valence-electron chi connectivity index (χ4n) is 2.58. The third-order valence-corrected chi connectivity index (χ3v) is 9.48. The van der Waals surface area contributed by atoms with E-state index in [0.717, 1.165) is 12.3 Å². The van der Waals surface area contributed by atoms with Crippen molar-refractivity contribution in [1.82, 2.24) is 9.55 Å². The molecule has 0 radical (unpaired) electrons. The standard InChI is InChI=1S/C12H18FN4O12P3S/c1-6(2)12(33-29-32(24,25)28-31(22,23)27-30(3,20)21)9(16-19)8(13)10(26-12)17-5-4-7(14)15-11(17)18/h4-5,8-10H,1H2,2-3H3,(H,20,21)(H,22,23)(H,24,25)(H2,14,15,18)/t8-,9+,10-,12-/m1/s1. The maximum Gasteiger partial charge on any atom is 0.492 e. The average molecular weight is 554 g/mol. The van der Waals surface area contributed by atoms with Crippen LogP contribution in [-0.4, -0.2) is 48.0 Å². The van der Waals surface area contributed by atoms with Crippen LogP contribution in [0.25, 0.3) is 0 Å². The Balaban J connectivity index is 2.34. The number of nitroso groups, excluding NO2 is 1. The van der Waals surface area contributed by atoms with Crippen LogP contribution in [0, 0.1) is 4.91 Å². The number of rotatable bonds is 10. The van der Waals surface area contributed by atoms with Crippen molar-refractivity contribution >= 4 is 41.1 Å². The molecule has 2 rings (SSSR count). The number of phosphoric acid groups is 2. The van der Waals surface area contributed by atoms with Crippen LogP contribution in [0.1, 0.15) is 13.2 Å². The van der Waals surface area contributed by atoms with Gasteiger partial charge in [0.2, 0.25) is 0 Å². The van der Waals surface area contributed by atoms with Crippen molar-refractivity contribution in [2.45, 2.75) is 30.3 Å². The Bertz CT molecular complexity index is 1140. The summed E-state index contributed by atoms with van der Waals surface area (Å²) in [7, 11) is -15.8. The molecule has 16 nitrogen and oxygen atoms in total. The van der Waals surface area contributed by atoms with Gasteiger partial charge >= 0.3 is 28.9 Å². The molecule has 5 N–H and O–H groups in total. The highest BCUT2D eigenvalue weighted by Crippen LogP contribution is 2.68. The molecular formula is C12H18FN4O12P3S. The number of nitrogens with two attached hydrogens (primary N) is 1. The van der Waals surface area contributed by atoms with Gasteiger partial charge in [0.05, 0.1) is 0 Å². The zero-order valence-corrected chi connectivity index (χ0v) is 20.2. The maximum atomic E-state index is 15.1. The Morgan fingerprint density at radius 3 is 2.45 bits per heavy atom. The van der Waals surface area contributed by atoms with Gasteiger partial charge in [0.25, 0.3) is 0 Å². The van der Waals surface area contributed by atoms with E-state index in [1.807, 2.05) is 0 Å². The van der Waals surface area contributed by atoms with Crippen molar-refractivity contribution in [3.8, 4) is 0 Å². The summed E-state index contributed by atoms with van der Waals surface area (Å²) >= 11 is -0.224. The summed E-state index contributed by atoms with van der Waals surface area (Å²) in [5, 5.41) is 2.61. The number of hydrogen-bond acceptors (Lipinski definition) is 13. The minimum absolute atomic E-state index is 0.185. The fourth-order valence-corrected chi connectivity index (χ4v) is 7.27.